The second-order valence-electron chi connectivity index (χ2n) is 8.19. The van der Waals surface area contributed by atoms with E-state index < -0.39 is 36.9 Å². The van der Waals surface area contributed by atoms with E-state index >= 15 is 4.39 Å². The van der Waals surface area contributed by atoms with Crippen molar-refractivity contribution in [3.8, 4) is 0 Å². The molecule has 1 saturated heterocycles. The number of imide groups is 2. The van der Waals surface area contributed by atoms with E-state index in [9.17, 15) is 18.8 Å². The minimum atomic E-state index is -1.97. The summed E-state index contributed by atoms with van der Waals surface area (Å²) < 4.78 is 29.9. The largest absolute Gasteiger partial charge is 0.338 e. The molecule has 0 aromatic carbocycles. The van der Waals surface area contributed by atoms with Crippen molar-refractivity contribution in [3.05, 3.63) is 59.8 Å². The molecule has 4 amide bonds. The SMILES string of the molecule is CC1C2C=CC(C[C@H](F)N3C(=O)CC(=O)N([C@H](F)CC4=CC=CCC=C4)C3=O)=CC12. The van der Waals surface area contributed by atoms with E-state index in [1.54, 1.807) is 18.2 Å². The Labute approximate surface area is 174 Å². The van der Waals surface area contributed by atoms with Crippen molar-refractivity contribution in [1.82, 2.24) is 9.80 Å². The summed E-state index contributed by atoms with van der Waals surface area (Å²) in [5.74, 6) is -0.518. The predicted octanol–water partition coefficient (Wildman–Crippen LogP) is 4.36. The number of nitrogens with zero attached hydrogens (tertiary/aromatic N) is 2. The molecule has 3 aliphatic carbocycles. The van der Waals surface area contributed by atoms with Crippen molar-refractivity contribution in [2.75, 3.05) is 0 Å². The van der Waals surface area contributed by atoms with Gasteiger partial charge in [0.15, 0.2) is 12.6 Å². The summed E-state index contributed by atoms with van der Waals surface area (Å²) in [6.45, 7) is 2.11. The maximum atomic E-state index is 15.0. The van der Waals surface area contributed by atoms with Crippen LogP contribution in [0.5, 0.6) is 0 Å². The first kappa shape index (κ1) is 20.4. The van der Waals surface area contributed by atoms with Crippen LogP contribution in [0, 0.1) is 17.8 Å². The summed E-state index contributed by atoms with van der Waals surface area (Å²) in [7, 11) is 0. The maximum Gasteiger partial charge on any atom is 0.338 e. The van der Waals surface area contributed by atoms with Crippen molar-refractivity contribution in [2.45, 2.75) is 45.2 Å². The Bertz CT molecular complexity index is 917. The van der Waals surface area contributed by atoms with Gasteiger partial charge in [-0.3, -0.25) is 9.59 Å². The minimum Gasteiger partial charge on any atom is -0.274 e. The molecule has 4 rings (SSSR count). The van der Waals surface area contributed by atoms with E-state index in [2.05, 4.69) is 6.92 Å². The molecule has 1 heterocycles. The van der Waals surface area contributed by atoms with Gasteiger partial charge in [0.05, 0.1) is 0 Å². The van der Waals surface area contributed by atoms with E-state index in [0.717, 1.165) is 0 Å². The number of alkyl halides is 2. The quantitative estimate of drug-likeness (QED) is 0.479. The highest BCUT2D eigenvalue weighted by Crippen LogP contribution is 2.51. The summed E-state index contributed by atoms with van der Waals surface area (Å²) in [4.78, 5) is 38.0. The van der Waals surface area contributed by atoms with Gasteiger partial charge in [0, 0.05) is 12.8 Å². The van der Waals surface area contributed by atoms with Gasteiger partial charge in [-0.15, -0.1) is 0 Å². The molecule has 2 fully saturated rings. The van der Waals surface area contributed by atoms with E-state index in [4.69, 9.17) is 0 Å². The number of barbiturate groups is 1. The van der Waals surface area contributed by atoms with Gasteiger partial charge < -0.3 is 0 Å². The van der Waals surface area contributed by atoms with Gasteiger partial charge >= 0.3 is 6.03 Å². The Morgan fingerprint density at radius 3 is 2.30 bits per heavy atom. The fourth-order valence-electron chi connectivity index (χ4n) is 4.28. The number of carbonyl (C=O) groups excluding carboxylic acids is 3. The molecule has 3 unspecified atom stereocenters. The summed E-state index contributed by atoms with van der Waals surface area (Å²) >= 11 is 0. The molecule has 5 atom stereocenters. The number of halogens is 2. The first-order chi connectivity index (χ1) is 14.4. The molecule has 1 aliphatic heterocycles. The lowest BCUT2D eigenvalue weighted by atomic mass is 10.0. The monoisotopic (exact) mass is 414 g/mol. The molecule has 0 aromatic rings. The lowest BCUT2D eigenvalue weighted by molar-refractivity contribution is -0.149. The third-order valence-electron chi connectivity index (χ3n) is 6.13. The zero-order valence-electron chi connectivity index (χ0n) is 16.7. The molecular formula is C23H24F2N2O3. The first-order valence-electron chi connectivity index (χ1n) is 10.2. The van der Waals surface area contributed by atoms with Crippen LogP contribution in [0.25, 0.3) is 0 Å². The smallest absolute Gasteiger partial charge is 0.274 e. The minimum absolute atomic E-state index is 0.165. The Morgan fingerprint density at radius 2 is 1.63 bits per heavy atom. The van der Waals surface area contributed by atoms with Crippen LogP contribution in [-0.4, -0.2) is 40.2 Å². The Balaban J connectivity index is 1.46. The molecule has 4 aliphatic rings. The highest BCUT2D eigenvalue weighted by atomic mass is 19.1. The normalized spacial score (nSPS) is 30.0. The van der Waals surface area contributed by atoms with Gasteiger partial charge in [-0.2, -0.15) is 0 Å². The number of hydrogen-bond donors (Lipinski definition) is 0. The number of rotatable bonds is 6. The number of hydrogen-bond acceptors (Lipinski definition) is 3. The van der Waals surface area contributed by atoms with Gasteiger partial charge in [0.2, 0.25) is 11.8 Å². The van der Waals surface area contributed by atoms with Crippen LogP contribution >= 0.6 is 0 Å². The Hall–Kier alpha value is -2.83. The van der Waals surface area contributed by atoms with E-state index in [0.29, 0.717) is 45.1 Å². The van der Waals surface area contributed by atoms with Crippen LogP contribution in [-0.2, 0) is 9.59 Å². The van der Waals surface area contributed by atoms with Gasteiger partial charge in [0.25, 0.3) is 0 Å². The average molecular weight is 414 g/mol. The van der Waals surface area contributed by atoms with Crippen molar-refractivity contribution in [1.29, 1.82) is 0 Å². The van der Waals surface area contributed by atoms with Crippen LogP contribution in [0.2, 0.25) is 0 Å². The van der Waals surface area contributed by atoms with Crippen LogP contribution in [0.15, 0.2) is 59.8 Å². The summed E-state index contributed by atoms with van der Waals surface area (Å²) in [5, 5.41) is 0. The van der Waals surface area contributed by atoms with Crippen LogP contribution in [0.3, 0.4) is 0 Å². The highest BCUT2D eigenvalue weighted by Gasteiger charge is 2.47. The maximum absolute atomic E-state index is 15.0. The molecule has 7 heteroatoms. The fourth-order valence-corrected chi connectivity index (χ4v) is 4.28. The molecule has 0 aromatic heterocycles. The summed E-state index contributed by atoms with van der Waals surface area (Å²) in [5.41, 5.74) is 1.30. The molecule has 1 saturated carbocycles. The number of urea groups is 1. The number of amides is 4. The molecule has 0 radical (unpaired) electrons. The molecular weight excluding hydrogens is 390 g/mol. The van der Waals surface area contributed by atoms with Crippen LogP contribution in [0.1, 0.15) is 32.6 Å². The highest BCUT2D eigenvalue weighted by molar-refractivity contribution is 6.14. The zero-order chi connectivity index (χ0) is 21.4. The van der Waals surface area contributed by atoms with E-state index in [1.807, 2.05) is 30.4 Å². The van der Waals surface area contributed by atoms with Crippen molar-refractivity contribution in [2.24, 2.45) is 17.8 Å². The van der Waals surface area contributed by atoms with Crippen LogP contribution < -0.4 is 0 Å². The standard InChI is InChI=1S/C23H24F2N2O3/c1-14-17-9-8-16(10-18(14)17)12-20(25)27-22(29)13-21(28)26(23(27)30)19(24)11-15-6-4-2-3-5-7-15/h2,4-10,14,17-20H,3,11-13H2,1H3/t14?,17?,18?,19-,20+/m0/s1. The third kappa shape index (κ3) is 3.93. The molecule has 5 nitrogen and oxygen atoms in total. The first-order valence-corrected chi connectivity index (χ1v) is 10.2. The topological polar surface area (TPSA) is 57.7 Å². The predicted molar refractivity (Wildman–Crippen MR) is 107 cm³/mol. The third-order valence-corrected chi connectivity index (χ3v) is 6.13. The number of fused-ring (bicyclic) bond motifs is 1. The molecule has 0 N–H and O–H groups in total. The lowest BCUT2D eigenvalue weighted by Gasteiger charge is -2.36. The number of allylic oxidation sites excluding steroid dienone is 8. The average Bonchev–Trinajstić information content (AvgIpc) is 3.39. The second-order valence-corrected chi connectivity index (χ2v) is 8.19. The van der Waals surface area contributed by atoms with Gasteiger partial charge in [-0.25, -0.2) is 23.4 Å². The van der Waals surface area contributed by atoms with Gasteiger partial charge in [0.1, 0.15) is 6.42 Å². The number of carbonyl (C=O) groups is 3. The Morgan fingerprint density at radius 1 is 0.967 bits per heavy atom. The zero-order valence-corrected chi connectivity index (χ0v) is 16.7. The molecule has 0 spiro atoms. The van der Waals surface area contributed by atoms with Crippen LogP contribution in [0.4, 0.5) is 13.6 Å². The lowest BCUT2D eigenvalue weighted by Crippen LogP contribution is -2.59. The molecule has 158 valence electrons. The summed E-state index contributed by atoms with van der Waals surface area (Å²) in [6, 6.07) is -1.23. The van der Waals surface area contributed by atoms with E-state index in [-0.39, 0.29) is 12.8 Å². The second kappa shape index (κ2) is 8.13. The summed E-state index contributed by atoms with van der Waals surface area (Å²) in [6.07, 6.45) is 10.4. The van der Waals surface area contributed by atoms with E-state index in [1.165, 1.54) is 0 Å². The van der Waals surface area contributed by atoms with Crippen molar-refractivity contribution < 1.29 is 23.2 Å². The fraction of sp³-hybridized carbons (Fsp3) is 0.435. The van der Waals surface area contributed by atoms with Gasteiger partial charge in [-0.05, 0) is 35.3 Å². The molecule has 0 bridgehead atoms. The van der Waals surface area contributed by atoms with Crippen molar-refractivity contribution in [3.63, 3.8) is 0 Å². The molecule has 30 heavy (non-hydrogen) atoms. The Kier molecular flexibility index (Phi) is 5.54. The van der Waals surface area contributed by atoms with Gasteiger partial charge in [-0.1, -0.05) is 55.5 Å². The van der Waals surface area contributed by atoms with Crippen molar-refractivity contribution >= 4 is 17.8 Å².